The number of nitrogens with zero attached hydrogens (tertiary/aromatic N) is 3. The van der Waals surface area contributed by atoms with Gasteiger partial charge in [0.05, 0.1) is 23.6 Å². The molecule has 0 bridgehead atoms. The molecular formula is C27H24N4O3S. The smallest absolute Gasteiger partial charge is 0.239 e. The van der Waals surface area contributed by atoms with Crippen LogP contribution >= 0.6 is 11.8 Å². The average Bonchev–Trinajstić information content (AvgIpc) is 3.31. The van der Waals surface area contributed by atoms with Crippen LogP contribution in [0, 0.1) is 18.3 Å². The van der Waals surface area contributed by atoms with Gasteiger partial charge in [-0.2, -0.15) is 5.26 Å². The number of hydrogen-bond donors (Lipinski definition) is 1. The Balaban J connectivity index is 1.76. The highest BCUT2D eigenvalue weighted by atomic mass is 32.2. The molecule has 1 amide bonds. The minimum Gasteiger partial charge on any atom is -0.497 e. The second-order valence-corrected chi connectivity index (χ2v) is 8.96. The van der Waals surface area contributed by atoms with Gasteiger partial charge in [-0.1, -0.05) is 66.3 Å². The summed E-state index contributed by atoms with van der Waals surface area (Å²) in [6.45, 7) is 3.68. The number of ether oxygens (including phenoxy) is 1. The van der Waals surface area contributed by atoms with E-state index in [4.69, 9.17) is 14.2 Å². The van der Waals surface area contributed by atoms with Gasteiger partial charge in [0.2, 0.25) is 5.91 Å². The molecule has 0 spiro atoms. The number of thioether (sulfide) groups is 1. The number of nitriles is 1. The molecule has 0 saturated heterocycles. The van der Waals surface area contributed by atoms with Crippen LogP contribution in [0.4, 0.5) is 5.82 Å². The number of carbonyl (C=O) groups excluding carboxylic acids is 1. The Hall–Kier alpha value is -4.09. The van der Waals surface area contributed by atoms with Gasteiger partial charge in [0, 0.05) is 17.2 Å². The van der Waals surface area contributed by atoms with Gasteiger partial charge in [0.1, 0.15) is 22.6 Å². The molecule has 4 aromatic rings. The zero-order valence-electron chi connectivity index (χ0n) is 19.6. The molecule has 2 heterocycles. The Bertz CT molecular complexity index is 1360. The molecule has 0 aliphatic rings. The van der Waals surface area contributed by atoms with E-state index in [1.807, 2.05) is 67.6 Å². The van der Waals surface area contributed by atoms with Crippen molar-refractivity contribution in [1.29, 1.82) is 5.26 Å². The minimum atomic E-state index is -0.485. The van der Waals surface area contributed by atoms with E-state index in [-0.39, 0.29) is 5.91 Å². The van der Waals surface area contributed by atoms with Crippen molar-refractivity contribution >= 4 is 23.5 Å². The topological polar surface area (TPSA) is 101 Å². The molecule has 0 fully saturated rings. The van der Waals surface area contributed by atoms with Crippen molar-refractivity contribution in [3.05, 3.63) is 78.1 Å². The maximum Gasteiger partial charge on any atom is 0.239 e. The molecule has 4 rings (SSSR count). The van der Waals surface area contributed by atoms with Crippen molar-refractivity contribution < 1.29 is 14.1 Å². The standard InChI is InChI=1S/C27H24N4O3S/c1-4-24(26(32)30-25-14-17(2)34-31-25)35-27-22(16-28)21(18-10-12-20(33-3)13-11-18)15-23(29-27)19-8-6-5-7-9-19/h5-15,24H,4H2,1-3H3,(H,30,31,32). The molecule has 8 heteroatoms. The van der Waals surface area contributed by atoms with E-state index < -0.39 is 5.25 Å². The van der Waals surface area contributed by atoms with E-state index in [0.717, 1.165) is 28.1 Å². The minimum absolute atomic E-state index is 0.229. The number of nitrogens with one attached hydrogen (secondary N) is 1. The highest BCUT2D eigenvalue weighted by Crippen LogP contribution is 2.37. The molecule has 1 atom stereocenters. The fourth-order valence-electron chi connectivity index (χ4n) is 3.56. The number of pyridine rings is 1. The van der Waals surface area contributed by atoms with Crippen molar-refractivity contribution in [2.75, 3.05) is 12.4 Å². The maximum atomic E-state index is 13.0. The molecular weight excluding hydrogens is 460 g/mol. The molecule has 0 aliphatic carbocycles. The number of amides is 1. The van der Waals surface area contributed by atoms with Crippen LogP contribution in [-0.4, -0.2) is 28.4 Å². The molecule has 2 aromatic carbocycles. The van der Waals surface area contributed by atoms with E-state index in [9.17, 15) is 10.1 Å². The lowest BCUT2D eigenvalue weighted by Crippen LogP contribution is -2.25. The number of carbonyl (C=O) groups is 1. The van der Waals surface area contributed by atoms with Crippen molar-refractivity contribution in [3.63, 3.8) is 0 Å². The van der Waals surface area contributed by atoms with Gasteiger partial charge >= 0.3 is 0 Å². The third kappa shape index (κ3) is 5.53. The maximum absolute atomic E-state index is 13.0. The van der Waals surface area contributed by atoms with Crippen molar-refractivity contribution in [2.24, 2.45) is 0 Å². The number of anilines is 1. The zero-order valence-corrected chi connectivity index (χ0v) is 20.4. The van der Waals surface area contributed by atoms with Gasteiger partial charge in [-0.05, 0) is 37.1 Å². The first kappa shape index (κ1) is 24.0. The first-order valence-electron chi connectivity index (χ1n) is 11.1. The van der Waals surface area contributed by atoms with Gasteiger partial charge in [-0.25, -0.2) is 4.98 Å². The Kier molecular flexibility index (Phi) is 7.48. The summed E-state index contributed by atoms with van der Waals surface area (Å²) in [6, 6.07) is 23.2. The van der Waals surface area contributed by atoms with Crippen LogP contribution in [0.2, 0.25) is 0 Å². The molecule has 35 heavy (non-hydrogen) atoms. The Morgan fingerprint density at radius 3 is 2.49 bits per heavy atom. The lowest BCUT2D eigenvalue weighted by atomic mass is 9.99. The van der Waals surface area contributed by atoms with Gasteiger partial charge in [0.25, 0.3) is 0 Å². The highest BCUT2D eigenvalue weighted by molar-refractivity contribution is 8.00. The average molecular weight is 485 g/mol. The van der Waals surface area contributed by atoms with E-state index in [2.05, 4.69) is 16.5 Å². The van der Waals surface area contributed by atoms with E-state index in [0.29, 0.717) is 28.6 Å². The predicted octanol–water partition coefficient (Wildman–Crippen LogP) is 6.10. The monoisotopic (exact) mass is 484 g/mol. The summed E-state index contributed by atoms with van der Waals surface area (Å²) in [5, 5.41) is 16.8. The molecule has 1 N–H and O–H groups in total. The van der Waals surface area contributed by atoms with Gasteiger partial charge in [-0.3, -0.25) is 4.79 Å². The van der Waals surface area contributed by atoms with E-state index >= 15 is 0 Å². The predicted molar refractivity (Wildman–Crippen MR) is 136 cm³/mol. The Morgan fingerprint density at radius 1 is 1.14 bits per heavy atom. The normalized spacial score (nSPS) is 11.5. The summed E-state index contributed by atoms with van der Waals surface area (Å²) in [4.78, 5) is 17.8. The number of aromatic nitrogens is 2. The lowest BCUT2D eigenvalue weighted by molar-refractivity contribution is -0.115. The lowest BCUT2D eigenvalue weighted by Gasteiger charge is -2.17. The van der Waals surface area contributed by atoms with Crippen LogP contribution in [0.5, 0.6) is 5.75 Å². The summed E-state index contributed by atoms with van der Waals surface area (Å²) in [5.74, 6) is 1.46. The van der Waals surface area contributed by atoms with Gasteiger partial charge < -0.3 is 14.6 Å². The largest absolute Gasteiger partial charge is 0.497 e. The summed E-state index contributed by atoms with van der Waals surface area (Å²) in [6.07, 6.45) is 0.535. The fourth-order valence-corrected chi connectivity index (χ4v) is 4.59. The van der Waals surface area contributed by atoms with Crippen LogP contribution < -0.4 is 10.1 Å². The Morgan fingerprint density at radius 2 is 1.89 bits per heavy atom. The van der Waals surface area contributed by atoms with Crippen LogP contribution in [0.25, 0.3) is 22.4 Å². The molecule has 7 nitrogen and oxygen atoms in total. The third-order valence-electron chi connectivity index (χ3n) is 5.36. The van der Waals surface area contributed by atoms with Crippen molar-refractivity contribution in [2.45, 2.75) is 30.5 Å². The molecule has 1 unspecified atom stereocenters. The number of methoxy groups -OCH3 is 1. The quantitative estimate of drug-likeness (QED) is 0.301. The van der Waals surface area contributed by atoms with E-state index in [1.165, 1.54) is 11.8 Å². The first-order chi connectivity index (χ1) is 17.0. The summed E-state index contributed by atoms with van der Waals surface area (Å²) >= 11 is 1.27. The molecule has 0 aliphatic heterocycles. The number of aryl methyl sites for hydroxylation is 1. The molecule has 176 valence electrons. The second kappa shape index (κ2) is 10.9. The molecule has 0 saturated carbocycles. The second-order valence-electron chi connectivity index (χ2n) is 7.77. The SMILES string of the molecule is CCC(Sc1nc(-c2ccccc2)cc(-c2ccc(OC)cc2)c1C#N)C(=O)Nc1cc(C)on1. The van der Waals surface area contributed by atoms with Crippen molar-refractivity contribution in [1.82, 2.24) is 10.1 Å². The summed E-state index contributed by atoms with van der Waals surface area (Å²) in [7, 11) is 1.61. The van der Waals surface area contributed by atoms with Crippen LogP contribution in [0.3, 0.4) is 0 Å². The number of benzene rings is 2. The molecule has 2 aromatic heterocycles. The van der Waals surface area contributed by atoms with Crippen LogP contribution in [0.1, 0.15) is 24.7 Å². The van der Waals surface area contributed by atoms with Gasteiger partial charge in [0.15, 0.2) is 5.82 Å². The number of hydrogen-bond acceptors (Lipinski definition) is 7. The van der Waals surface area contributed by atoms with E-state index in [1.54, 1.807) is 20.1 Å². The van der Waals surface area contributed by atoms with Gasteiger partial charge in [-0.15, -0.1) is 0 Å². The summed E-state index contributed by atoms with van der Waals surface area (Å²) < 4.78 is 10.3. The van der Waals surface area contributed by atoms with Crippen LogP contribution in [0.15, 0.2) is 76.3 Å². The van der Waals surface area contributed by atoms with Crippen LogP contribution in [-0.2, 0) is 4.79 Å². The highest BCUT2D eigenvalue weighted by Gasteiger charge is 2.24. The first-order valence-corrected chi connectivity index (χ1v) is 12.0. The summed E-state index contributed by atoms with van der Waals surface area (Å²) in [5.41, 5.74) is 3.67. The molecule has 0 radical (unpaired) electrons. The third-order valence-corrected chi connectivity index (χ3v) is 6.72. The Labute approximate surface area is 208 Å². The fraction of sp³-hybridized carbons (Fsp3) is 0.185. The number of rotatable bonds is 8. The van der Waals surface area contributed by atoms with Crippen molar-refractivity contribution in [3.8, 4) is 34.2 Å². The zero-order chi connectivity index (χ0) is 24.8.